The van der Waals surface area contributed by atoms with Crippen molar-refractivity contribution in [3.63, 3.8) is 0 Å². The summed E-state index contributed by atoms with van der Waals surface area (Å²) < 4.78 is 38.4. The Morgan fingerprint density at radius 3 is 2.49 bits per heavy atom. The van der Waals surface area contributed by atoms with Gasteiger partial charge in [0, 0.05) is 43.1 Å². The predicted molar refractivity (Wildman–Crippen MR) is 151 cm³/mol. The molecule has 3 aliphatic rings. The van der Waals surface area contributed by atoms with Crippen LogP contribution in [0.1, 0.15) is 59.1 Å². The van der Waals surface area contributed by atoms with E-state index in [0.717, 1.165) is 33.4 Å². The minimum atomic E-state index is -0.457. The fourth-order valence-electron chi connectivity index (χ4n) is 6.45. The van der Waals surface area contributed by atoms with E-state index in [-0.39, 0.29) is 30.0 Å². The van der Waals surface area contributed by atoms with Crippen molar-refractivity contribution < 1.29 is 32.9 Å². The van der Waals surface area contributed by atoms with Gasteiger partial charge in [0.2, 0.25) is 0 Å². The number of amides is 1. The van der Waals surface area contributed by atoms with Crippen LogP contribution in [0, 0.1) is 19.7 Å². The van der Waals surface area contributed by atoms with Crippen molar-refractivity contribution in [3.8, 4) is 28.4 Å². The predicted octanol–water partition coefficient (Wildman–Crippen LogP) is 5.82. The maximum absolute atomic E-state index is 15.3. The van der Waals surface area contributed by atoms with Gasteiger partial charge < -0.3 is 23.8 Å². The lowest BCUT2D eigenvalue weighted by molar-refractivity contribution is -0.141. The lowest BCUT2D eigenvalue weighted by atomic mass is 9.90. The second-order valence-corrected chi connectivity index (χ2v) is 11.2. The Morgan fingerprint density at radius 1 is 1.02 bits per heavy atom. The highest BCUT2D eigenvalue weighted by atomic mass is 19.1. The third-order valence-electron chi connectivity index (χ3n) is 8.50. The number of fused-ring (bicyclic) bond motifs is 2. The first-order valence-corrected chi connectivity index (χ1v) is 14.1. The number of benzene rings is 3. The van der Waals surface area contributed by atoms with Gasteiger partial charge in [-0.2, -0.15) is 0 Å². The van der Waals surface area contributed by atoms with Gasteiger partial charge in [-0.15, -0.1) is 0 Å². The highest BCUT2D eigenvalue weighted by Gasteiger charge is 2.33. The van der Waals surface area contributed by atoms with Crippen LogP contribution in [0.5, 0.6) is 17.2 Å². The molecule has 2 heterocycles. The molecule has 0 saturated carbocycles. The Kier molecular flexibility index (Phi) is 7.09. The first kappa shape index (κ1) is 27.1. The summed E-state index contributed by atoms with van der Waals surface area (Å²) in [6.45, 7) is 5.15. The van der Waals surface area contributed by atoms with E-state index in [2.05, 4.69) is 0 Å². The zero-order valence-corrected chi connectivity index (χ0v) is 23.8. The molecule has 1 amide bonds. The third-order valence-corrected chi connectivity index (χ3v) is 8.50. The van der Waals surface area contributed by atoms with Crippen LogP contribution in [0.15, 0.2) is 42.5 Å². The summed E-state index contributed by atoms with van der Waals surface area (Å²) in [5, 5.41) is 0. The zero-order chi connectivity index (χ0) is 28.8. The molecule has 0 aromatic heterocycles. The number of hydrogen-bond acceptors (Lipinski definition) is 6. The van der Waals surface area contributed by atoms with Crippen molar-refractivity contribution in [3.05, 3.63) is 76.1 Å². The molecular weight excluding hydrogens is 525 g/mol. The highest BCUT2D eigenvalue weighted by Crippen LogP contribution is 2.45. The molecule has 0 bridgehead atoms. The molecule has 3 atom stereocenters. The first-order chi connectivity index (χ1) is 19.7. The fraction of sp³-hybridized carbons (Fsp3) is 0.394. The molecule has 1 saturated heterocycles. The maximum atomic E-state index is 15.3. The van der Waals surface area contributed by atoms with Gasteiger partial charge >= 0.3 is 5.97 Å². The minimum Gasteiger partial charge on any atom is -0.492 e. The van der Waals surface area contributed by atoms with E-state index in [0.29, 0.717) is 55.2 Å². The van der Waals surface area contributed by atoms with Crippen LogP contribution in [0.25, 0.3) is 11.1 Å². The van der Waals surface area contributed by atoms with Gasteiger partial charge in [-0.3, -0.25) is 9.59 Å². The number of hydrogen-bond donors (Lipinski definition) is 0. The van der Waals surface area contributed by atoms with Crippen LogP contribution in [0.4, 0.5) is 4.39 Å². The molecule has 0 N–H and O–H groups in total. The van der Waals surface area contributed by atoms with E-state index in [1.165, 1.54) is 13.2 Å². The number of esters is 1. The van der Waals surface area contributed by atoms with E-state index in [1.807, 2.05) is 50.2 Å². The SMILES string of the molecule is COC(=O)CC1COc2cc(OC3CCc4c(-c5c(C)cc(OC6CCN(C)C6=O)cc5C)ccc(F)c43)ccc21. The van der Waals surface area contributed by atoms with Crippen molar-refractivity contribution in [2.45, 2.75) is 57.7 Å². The summed E-state index contributed by atoms with van der Waals surface area (Å²) in [4.78, 5) is 25.8. The molecule has 6 rings (SSSR count). The topological polar surface area (TPSA) is 74.3 Å². The van der Waals surface area contributed by atoms with E-state index < -0.39 is 12.2 Å². The van der Waals surface area contributed by atoms with E-state index >= 15 is 4.39 Å². The molecule has 0 radical (unpaired) electrons. The molecule has 3 unspecified atom stereocenters. The molecule has 2 aliphatic heterocycles. The van der Waals surface area contributed by atoms with Crippen molar-refractivity contribution in [2.24, 2.45) is 0 Å². The van der Waals surface area contributed by atoms with Crippen molar-refractivity contribution >= 4 is 11.9 Å². The van der Waals surface area contributed by atoms with Gasteiger partial charge in [0.1, 0.15) is 29.2 Å². The number of carbonyl (C=O) groups is 2. The summed E-state index contributed by atoms with van der Waals surface area (Å²) in [6, 6.07) is 12.9. The number of halogens is 1. The van der Waals surface area contributed by atoms with Gasteiger partial charge in [-0.25, -0.2) is 4.39 Å². The van der Waals surface area contributed by atoms with Crippen LogP contribution < -0.4 is 14.2 Å². The largest absolute Gasteiger partial charge is 0.492 e. The Morgan fingerprint density at radius 2 is 1.78 bits per heavy atom. The van der Waals surface area contributed by atoms with Crippen LogP contribution in [0.2, 0.25) is 0 Å². The van der Waals surface area contributed by atoms with Crippen LogP contribution in [-0.2, 0) is 20.7 Å². The monoisotopic (exact) mass is 559 g/mol. The molecule has 8 heteroatoms. The molecular formula is C33H34FNO6. The molecule has 0 spiro atoms. The minimum absolute atomic E-state index is 0.00252. The smallest absolute Gasteiger partial charge is 0.306 e. The number of likely N-dealkylation sites (tertiary alicyclic amines) is 1. The number of ether oxygens (including phenoxy) is 4. The number of methoxy groups -OCH3 is 1. The second-order valence-electron chi connectivity index (χ2n) is 11.2. The number of likely N-dealkylation sites (N-methyl/N-ethyl adjacent to an activating group) is 1. The van der Waals surface area contributed by atoms with Crippen molar-refractivity contribution in [2.75, 3.05) is 27.3 Å². The van der Waals surface area contributed by atoms with Gasteiger partial charge in [-0.1, -0.05) is 12.1 Å². The number of aryl methyl sites for hydroxylation is 2. The molecule has 41 heavy (non-hydrogen) atoms. The lowest BCUT2D eigenvalue weighted by Gasteiger charge is -2.20. The molecule has 1 aliphatic carbocycles. The van der Waals surface area contributed by atoms with E-state index in [9.17, 15) is 9.59 Å². The normalized spacial score (nSPS) is 21.0. The van der Waals surface area contributed by atoms with Crippen LogP contribution in [-0.4, -0.2) is 50.2 Å². The molecule has 1 fully saturated rings. The number of nitrogens with zero attached hydrogens (tertiary/aromatic N) is 1. The average Bonchev–Trinajstić information content (AvgIpc) is 3.64. The Bertz CT molecular complexity index is 1510. The van der Waals surface area contributed by atoms with Crippen molar-refractivity contribution in [1.82, 2.24) is 4.90 Å². The van der Waals surface area contributed by atoms with Gasteiger partial charge in [0.15, 0.2) is 6.10 Å². The lowest BCUT2D eigenvalue weighted by Crippen LogP contribution is -2.29. The summed E-state index contributed by atoms with van der Waals surface area (Å²) in [5.74, 6) is 1.36. The first-order valence-electron chi connectivity index (χ1n) is 14.1. The highest BCUT2D eigenvalue weighted by molar-refractivity contribution is 5.83. The van der Waals surface area contributed by atoms with Crippen LogP contribution >= 0.6 is 0 Å². The molecule has 3 aromatic rings. The van der Waals surface area contributed by atoms with Gasteiger partial charge in [-0.05, 0) is 78.8 Å². The standard InChI is InChI=1S/C33H34FNO6/c1-18-13-22(41-28-11-12-35(3)33(28)37)14-19(2)31(18)24-7-9-26(34)32-25(24)8-10-27(32)40-21-5-6-23-20(15-30(36)38-4)17-39-29(23)16-21/h5-7,9,13-14,16,20,27-28H,8,10-12,15,17H2,1-4H3. The van der Waals surface area contributed by atoms with Gasteiger partial charge in [0.25, 0.3) is 5.91 Å². The second kappa shape index (κ2) is 10.7. The molecule has 214 valence electrons. The molecule has 3 aromatic carbocycles. The number of carbonyl (C=O) groups excluding carboxylic acids is 2. The average molecular weight is 560 g/mol. The zero-order valence-electron chi connectivity index (χ0n) is 23.8. The van der Waals surface area contributed by atoms with Crippen LogP contribution in [0.3, 0.4) is 0 Å². The summed E-state index contributed by atoms with van der Waals surface area (Å²) in [5.41, 5.74) is 6.55. The van der Waals surface area contributed by atoms with Gasteiger partial charge in [0.05, 0.1) is 20.1 Å². The Balaban J connectivity index is 1.24. The van der Waals surface area contributed by atoms with E-state index in [1.54, 1.807) is 11.9 Å². The quantitative estimate of drug-likeness (QED) is 0.340. The molecule has 7 nitrogen and oxygen atoms in total. The van der Waals surface area contributed by atoms with E-state index in [4.69, 9.17) is 18.9 Å². The Labute approximate surface area is 239 Å². The summed E-state index contributed by atoms with van der Waals surface area (Å²) in [6.07, 6.45) is 1.39. The summed E-state index contributed by atoms with van der Waals surface area (Å²) >= 11 is 0. The number of rotatable bonds is 7. The van der Waals surface area contributed by atoms with Crippen molar-refractivity contribution in [1.29, 1.82) is 0 Å². The summed E-state index contributed by atoms with van der Waals surface area (Å²) in [7, 11) is 3.17. The third kappa shape index (κ3) is 5.00. The maximum Gasteiger partial charge on any atom is 0.306 e. The Hall–Kier alpha value is -4.07. The fourth-order valence-corrected chi connectivity index (χ4v) is 6.45.